The van der Waals surface area contributed by atoms with Gasteiger partial charge < -0.3 is 9.84 Å². The average Bonchev–Trinajstić information content (AvgIpc) is 2.66. The Labute approximate surface area is 142 Å². The molecule has 3 saturated heterocycles. The van der Waals surface area contributed by atoms with E-state index in [1.807, 2.05) is 30.3 Å². The van der Waals surface area contributed by atoms with Crippen molar-refractivity contribution in [1.29, 1.82) is 0 Å². The maximum atomic E-state index is 10.9. The second-order valence-corrected chi connectivity index (χ2v) is 6.99. The van der Waals surface area contributed by atoms with Gasteiger partial charge in [0.25, 0.3) is 0 Å². The summed E-state index contributed by atoms with van der Waals surface area (Å²) in [6.07, 6.45) is 3.79. The molecule has 3 aliphatic rings. The van der Waals surface area contributed by atoms with Gasteiger partial charge in [0, 0.05) is 18.0 Å². The summed E-state index contributed by atoms with van der Waals surface area (Å²) in [5.41, 5.74) is 1.66. The van der Waals surface area contributed by atoms with Crippen LogP contribution >= 0.6 is 0 Å². The van der Waals surface area contributed by atoms with Gasteiger partial charge >= 0.3 is 0 Å². The normalized spacial score (nSPS) is 30.2. The van der Waals surface area contributed by atoms with Gasteiger partial charge in [-0.25, -0.2) is 0 Å². The molecule has 0 amide bonds. The molecule has 1 aromatic heterocycles. The highest BCUT2D eigenvalue weighted by Crippen LogP contribution is 2.41. The molecule has 1 N–H and O–H groups in total. The molecule has 24 heavy (non-hydrogen) atoms. The van der Waals surface area contributed by atoms with Crippen molar-refractivity contribution in [3.8, 4) is 5.75 Å². The molecule has 3 fully saturated rings. The number of ether oxygens (including phenoxy) is 1. The largest absolute Gasteiger partial charge is 0.497 e. The summed E-state index contributed by atoms with van der Waals surface area (Å²) in [6, 6.07) is 9.97. The van der Waals surface area contributed by atoms with Crippen LogP contribution in [-0.4, -0.2) is 41.2 Å². The third-order valence-corrected chi connectivity index (χ3v) is 5.74. The van der Waals surface area contributed by atoms with E-state index < -0.39 is 6.10 Å². The summed E-state index contributed by atoms with van der Waals surface area (Å²) in [5, 5.41) is 12.0. The van der Waals surface area contributed by atoms with E-state index in [9.17, 15) is 5.11 Å². The lowest BCUT2D eigenvalue weighted by molar-refractivity contribution is -0.0461. The Balaban J connectivity index is 1.59. The highest BCUT2D eigenvalue weighted by Gasteiger charge is 2.42. The Morgan fingerprint density at radius 2 is 2.25 bits per heavy atom. The van der Waals surface area contributed by atoms with E-state index in [-0.39, 0.29) is 6.04 Å². The van der Waals surface area contributed by atoms with Gasteiger partial charge in [-0.1, -0.05) is 12.1 Å². The number of rotatable bonds is 4. The molecule has 4 heteroatoms. The molecule has 0 aliphatic carbocycles. The van der Waals surface area contributed by atoms with Crippen LogP contribution in [0.4, 0.5) is 0 Å². The fourth-order valence-corrected chi connectivity index (χ4v) is 4.31. The van der Waals surface area contributed by atoms with E-state index in [1.54, 1.807) is 7.11 Å². The van der Waals surface area contributed by atoms with Crippen LogP contribution in [0.3, 0.4) is 0 Å². The van der Waals surface area contributed by atoms with Crippen molar-refractivity contribution in [2.45, 2.75) is 25.0 Å². The second kappa shape index (κ2) is 6.19. The van der Waals surface area contributed by atoms with E-state index >= 15 is 0 Å². The van der Waals surface area contributed by atoms with E-state index in [1.165, 1.54) is 6.42 Å². The number of pyridine rings is 1. The van der Waals surface area contributed by atoms with Crippen LogP contribution in [0.15, 0.2) is 43.0 Å². The zero-order valence-electron chi connectivity index (χ0n) is 14.1. The Bertz CT molecular complexity index is 760. The minimum Gasteiger partial charge on any atom is -0.497 e. The molecule has 4 heterocycles. The zero-order chi connectivity index (χ0) is 16.7. The lowest BCUT2D eigenvalue weighted by atomic mass is 9.74. The topological polar surface area (TPSA) is 45.6 Å². The molecule has 0 spiro atoms. The van der Waals surface area contributed by atoms with Crippen molar-refractivity contribution in [2.24, 2.45) is 11.8 Å². The summed E-state index contributed by atoms with van der Waals surface area (Å²) in [5.74, 6) is 2.04. The number of aliphatic hydroxyl groups excluding tert-OH is 1. The molecule has 5 unspecified atom stereocenters. The first-order chi connectivity index (χ1) is 11.7. The minimum atomic E-state index is -0.537. The van der Waals surface area contributed by atoms with E-state index in [2.05, 4.69) is 17.6 Å². The zero-order valence-corrected chi connectivity index (χ0v) is 14.1. The van der Waals surface area contributed by atoms with Crippen molar-refractivity contribution in [1.82, 2.24) is 9.88 Å². The van der Waals surface area contributed by atoms with Gasteiger partial charge in [-0.2, -0.15) is 0 Å². The van der Waals surface area contributed by atoms with Crippen LogP contribution < -0.4 is 4.74 Å². The summed E-state index contributed by atoms with van der Waals surface area (Å²) in [6.45, 7) is 6.05. The molecule has 1 aromatic carbocycles. The molecule has 3 aliphatic heterocycles. The maximum absolute atomic E-state index is 10.9. The number of aliphatic hydroxyl groups is 1. The van der Waals surface area contributed by atoms with Gasteiger partial charge in [0.05, 0.1) is 18.3 Å². The Morgan fingerprint density at radius 1 is 1.38 bits per heavy atom. The first-order valence-corrected chi connectivity index (χ1v) is 8.69. The number of piperidine rings is 3. The van der Waals surface area contributed by atoms with Crippen LogP contribution in [0.2, 0.25) is 0 Å². The summed E-state index contributed by atoms with van der Waals surface area (Å²) in [7, 11) is 1.66. The number of nitrogens with zero attached hydrogens (tertiary/aromatic N) is 2. The van der Waals surface area contributed by atoms with Gasteiger partial charge in [0.1, 0.15) is 11.9 Å². The summed E-state index contributed by atoms with van der Waals surface area (Å²) in [4.78, 5) is 7.11. The molecular formula is C20H24N2O2. The molecule has 5 atom stereocenters. The summed E-state index contributed by atoms with van der Waals surface area (Å²) < 4.78 is 5.26. The average molecular weight is 324 g/mol. The number of hydrogen-bond donors (Lipinski definition) is 1. The van der Waals surface area contributed by atoms with Crippen molar-refractivity contribution in [3.63, 3.8) is 0 Å². The van der Waals surface area contributed by atoms with Gasteiger partial charge in [0.2, 0.25) is 0 Å². The highest BCUT2D eigenvalue weighted by molar-refractivity contribution is 5.80. The predicted octanol–water partition coefficient (Wildman–Crippen LogP) is 3.17. The lowest BCUT2D eigenvalue weighted by Gasteiger charge is -2.50. The molecule has 2 bridgehead atoms. The van der Waals surface area contributed by atoms with Crippen LogP contribution in [-0.2, 0) is 0 Å². The van der Waals surface area contributed by atoms with Crippen LogP contribution in [0, 0.1) is 11.8 Å². The Hall–Kier alpha value is -1.91. The van der Waals surface area contributed by atoms with E-state index in [0.717, 1.165) is 41.9 Å². The Morgan fingerprint density at radius 3 is 2.96 bits per heavy atom. The molecule has 0 radical (unpaired) electrons. The molecule has 126 valence electrons. The predicted molar refractivity (Wildman–Crippen MR) is 95.0 cm³/mol. The first kappa shape index (κ1) is 15.6. The fraction of sp³-hybridized carbons (Fsp3) is 0.450. The van der Waals surface area contributed by atoms with Gasteiger partial charge in [0.15, 0.2) is 0 Å². The standard InChI is InChI=1S/C20H24N2O2/c1-3-13-12-22-9-8-14(13)11-19(22)20(23)18-6-4-15-10-16(24-2)5-7-17(15)21-18/h3-7,10,13-14,19-20,23H,1,8-9,11-12H2,2H3. The van der Waals surface area contributed by atoms with Crippen LogP contribution in [0.1, 0.15) is 24.6 Å². The number of benzene rings is 1. The van der Waals surface area contributed by atoms with Gasteiger partial charge in [-0.15, -0.1) is 6.58 Å². The minimum absolute atomic E-state index is 0.170. The molecule has 4 nitrogen and oxygen atoms in total. The van der Waals surface area contributed by atoms with Crippen molar-refractivity contribution in [2.75, 3.05) is 20.2 Å². The fourth-order valence-electron chi connectivity index (χ4n) is 4.31. The number of fused-ring (bicyclic) bond motifs is 4. The van der Waals surface area contributed by atoms with E-state index in [0.29, 0.717) is 11.8 Å². The molecule has 2 aromatic rings. The smallest absolute Gasteiger partial charge is 0.119 e. The molecular weight excluding hydrogens is 300 g/mol. The first-order valence-electron chi connectivity index (χ1n) is 8.69. The molecule has 0 saturated carbocycles. The summed E-state index contributed by atoms with van der Waals surface area (Å²) >= 11 is 0. The van der Waals surface area contributed by atoms with E-state index in [4.69, 9.17) is 9.72 Å². The van der Waals surface area contributed by atoms with Crippen molar-refractivity contribution >= 4 is 10.9 Å². The van der Waals surface area contributed by atoms with Crippen LogP contribution in [0.5, 0.6) is 5.75 Å². The lowest BCUT2D eigenvalue weighted by Crippen LogP contribution is -2.54. The third-order valence-electron chi connectivity index (χ3n) is 5.74. The quantitative estimate of drug-likeness (QED) is 0.878. The maximum Gasteiger partial charge on any atom is 0.119 e. The van der Waals surface area contributed by atoms with Gasteiger partial charge in [-0.3, -0.25) is 9.88 Å². The monoisotopic (exact) mass is 324 g/mol. The SMILES string of the molecule is C=CC1CN2CCC1CC2C(O)c1ccc2cc(OC)ccc2n1. The molecule has 5 rings (SSSR count). The third kappa shape index (κ3) is 2.60. The second-order valence-electron chi connectivity index (χ2n) is 6.99. The number of hydrogen-bond acceptors (Lipinski definition) is 4. The van der Waals surface area contributed by atoms with Crippen LogP contribution in [0.25, 0.3) is 10.9 Å². The van der Waals surface area contributed by atoms with Gasteiger partial charge in [-0.05, 0) is 55.5 Å². The Kier molecular flexibility index (Phi) is 4.02. The number of aromatic nitrogens is 1. The number of methoxy groups -OCH3 is 1. The van der Waals surface area contributed by atoms with Crippen molar-refractivity contribution in [3.05, 3.63) is 48.7 Å². The van der Waals surface area contributed by atoms with Crippen molar-refractivity contribution < 1.29 is 9.84 Å². The highest BCUT2D eigenvalue weighted by atomic mass is 16.5.